The molecule has 1 unspecified atom stereocenters. The summed E-state index contributed by atoms with van der Waals surface area (Å²) in [6.45, 7) is 4.84. The quantitative estimate of drug-likeness (QED) is 0.436. The minimum Gasteiger partial charge on any atom is -0.365 e. The maximum absolute atomic E-state index is 12.3. The highest BCUT2D eigenvalue weighted by Gasteiger charge is 2.50. The molecule has 1 amide bonds. The van der Waals surface area contributed by atoms with Crippen molar-refractivity contribution in [1.82, 2.24) is 25.1 Å². The zero-order valence-electron chi connectivity index (χ0n) is 18.5. The number of hydrogen-bond acceptors (Lipinski definition) is 8. The summed E-state index contributed by atoms with van der Waals surface area (Å²) in [5.41, 5.74) is 2.18. The summed E-state index contributed by atoms with van der Waals surface area (Å²) < 4.78 is 0. The van der Waals surface area contributed by atoms with Gasteiger partial charge in [-0.25, -0.2) is 9.97 Å². The van der Waals surface area contributed by atoms with Crippen molar-refractivity contribution < 1.29 is 4.79 Å². The number of aromatic nitrogens is 5. The fraction of sp³-hybridized carbons (Fsp3) is 0.391. The molecule has 1 aromatic carbocycles. The van der Waals surface area contributed by atoms with Crippen molar-refractivity contribution >= 4 is 23.4 Å². The van der Waals surface area contributed by atoms with E-state index >= 15 is 0 Å². The molecule has 3 aromatic rings. The van der Waals surface area contributed by atoms with Gasteiger partial charge in [0.2, 0.25) is 11.9 Å². The van der Waals surface area contributed by atoms with Gasteiger partial charge in [-0.05, 0) is 29.9 Å². The Labute approximate surface area is 191 Å². The van der Waals surface area contributed by atoms with Crippen LogP contribution in [0.3, 0.4) is 0 Å². The van der Waals surface area contributed by atoms with Gasteiger partial charge in [0.25, 0.3) is 0 Å². The van der Waals surface area contributed by atoms with Crippen LogP contribution < -0.4 is 16.0 Å². The SMILES string of the molecule is CC1(C)[C@@H](c2nc[nH]n2)C[C@H]1Nc1nc(NCCC2C(=O)Nc3ccccc32)ncc1C#N. The van der Waals surface area contributed by atoms with Crippen LogP contribution in [0.5, 0.6) is 0 Å². The van der Waals surface area contributed by atoms with E-state index in [-0.39, 0.29) is 29.2 Å². The first-order valence-corrected chi connectivity index (χ1v) is 11.0. The third-order valence-electron chi connectivity index (χ3n) is 6.86. The van der Waals surface area contributed by atoms with Crippen LogP contribution in [0.2, 0.25) is 0 Å². The number of fused-ring (bicyclic) bond motifs is 1. The van der Waals surface area contributed by atoms with Crippen LogP contribution >= 0.6 is 0 Å². The first kappa shape index (κ1) is 20.9. The predicted molar refractivity (Wildman–Crippen MR) is 123 cm³/mol. The summed E-state index contributed by atoms with van der Waals surface area (Å²) in [5.74, 6) is 1.77. The van der Waals surface area contributed by atoms with E-state index in [9.17, 15) is 10.1 Å². The third kappa shape index (κ3) is 3.75. The summed E-state index contributed by atoms with van der Waals surface area (Å²) in [6, 6.07) is 10.0. The maximum Gasteiger partial charge on any atom is 0.232 e. The smallest absolute Gasteiger partial charge is 0.232 e. The van der Waals surface area contributed by atoms with E-state index in [1.165, 1.54) is 6.20 Å². The first-order valence-electron chi connectivity index (χ1n) is 11.0. The van der Waals surface area contributed by atoms with Gasteiger partial charge in [-0.2, -0.15) is 15.3 Å². The summed E-state index contributed by atoms with van der Waals surface area (Å²) in [6.07, 6.45) is 4.57. The van der Waals surface area contributed by atoms with Gasteiger partial charge in [-0.3, -0.25) is 9.89 Å². The zero-order valence-corrected chi connectivity index (χ0v) is 18.5. The van der Waals surface area contributed by atoms with E-state index in [0.29, 0.717) is 30.3 Å². The number of carbonyl (C=O) groups excluding carboxylic acids is 1. The number of hydrogen-bond donors (Lipinski definition) is 4. The lowest BCUT2D eigenvalue weighted by molar-refractivity contribution is -0.117. The molecule has 1 aliphatic carbocycles. The molecule has 168 valence electrons. The number of para-hydroxylation sites is 1. The molecule has 33 heavy (non-hydrogen) atoms. The zero-order chi connectivity index (χ0) is 23.0. The van der Waals surface area contributed by atoms with Gasteiger partial charge in [0.1, 0.15) is 23.8 Å². The van der Waals surface area contributed by atoms with Crippen molar-refractivity contribution in [2.75, 3.05) is 22.5 Å². The molecule has 2 aromatic heterocycles. The van der Waals surface area contributed by atoms with E-state index < -0.39 is 0 Å². The van der Waals surface area contributed by atoms with E-state index in [1.807, 2.05) is 24.3 Å². The van der Waals surface area contributed by atoms with Gasteiger partial charge in [0.05, 0.1) is 12.1 Å². The lowest BCUT2D eigenvalue weighted by atomic mass is 9.58. The molecule has 2 aliphatic rings. The number of nitrogens with one attached hydrogen (secondary N) is 4. The Hall–Kier alpha value is -4.00. The third-order valence-corrected chi connectivity index (χ3v) is 6.86. The van der Waals surface area contributed by atoms with Crippen LogP contribution in [0.1, 0.15) is 55.5 Å². The van der Waals surface area contributed by atoms with Crippen LogP contribution in [0, 0.1) is 16.7 Å². The topological polar surface area (TPSA) is 144 Å². The second kappa shape index (κ2) is 8.16. The Kier molecular flexibility index (Phi) is 5.17. The van der Waals surface area contributed by atoms with E-state index in [4.69, 9.17) is 0 Å². The second-order valence-electron chi connectivity index (χ2n) is 9.08. The lowest BCUT2D eigenvalue weighted by Crippen LogP contribution is -2.52. The molecule has 1 aliphatic heterocycles. The standard InChI is InChI=1S/C23H25N9O/c1-23(2)16(20-27-12-28-32-20)9-18(23)30-19-13(10-24)11-26-22(31-19)25-8-7-15-14-5-3-4-6-17(14)29-21(15)33/h3-6,11-12,15-16,18H,7-9H2,1-2H3,(H,29,33)(H,27,28,32)(H2,25,26,30,31)/t15?,16-,18-/m1/s1. The molecular weight excluding hydrogens is 418 g/mol. The first-order chi connectivity index (χ1) is 16.0. The Morgan fingerprint density at radius 1 is 1.27 bits per heavy atom. The van der Waals surface area contributed by atoms with E-state index in [1.54, 1.807) is 6.33 Å². The number of rotatable bonds is 7. The van der Waals surface area contributed by atoms with Gasteiger partial charge in [-0.15, -0.1) is 0 Å². The minimum atomic E-state index is -0.201. The largest absolute Gasteiger partial charge is 0.365 e. The highest BCUT2D eigenvalue weighted by Crippen LogP contribution is 2.52. The molecule has 3 heterocycles. The normalized spacial score (nSPS) is 22.6. The van der Waals surface area contributed by atoms with Crippen LogP contribution in [0.4, 0.5) is 17.5 Å². The van der Waals surface area contributed by atoms with Crippen molar-refractivity contribution in [1.29, 1.82) is 5.26 Å². The highest BCUT2D eigenvalue weighted by atomic mass is 16.2. The fourth-order valence-corrected chi connectivity index (χ4v) is 4.71. The van der Waals surface area contributed by atoms with Gasteiger partial charge in [0, 0.05) is 24.2 Å². The predicted octanol–water partition coefficient (Wildman–Crippen LogP) is 3.00. The molecule has 3 atom stereocenters. The molecule has 0 radical (unpaired) electrons. The second-order valence-corrected chi connectivity index (χ2v) is 9.08. The molecule has 0 spiro atoms. The van der Waals surface area contributed by atoms with Gasteiger partial charge in [0.15, 0.2) is 5.82 Å². The molecule has 1 saturated carbocycles. The van der Waals surface area contributed by atoms with Crippen molar-refractivity contribution in [2.45, 2.75) is 44.6 Å². The van der Waals surface area contributed by atoms with Crippen molar-refractivity contribution in [2.24, 2.45) is 5.41 Å². The summed E-state index contributed by atoms with van der Waals surface area (Å²) in [7, 11) is 0. The van der Waals surface area contributed by atoms with Crippen molar-refractivity contribution in [3.8, 4) is 6.07 Å². The molecule has 0 saturated heterocycles. The number of amides is 1. The summed E-state index contributed by atoms with van der Waals surface area (Å²) >= 11 is 0. The average Bonchev–Trinajstić information content (AvgIpc) is 3.44. The average molecular weight is 444 g/mol. The minimum absolute atomic E-state index is 0.00859. The molecular formula is C23H25N9O. The van der Waals surface area contributed by atoms with Crippen molar-refractivity contribution in [3.05, 3.63) is 53.7 Å². The van der Waals surface area contributed by atoms with Gasteiger partial charge >= 0.3 is 0 Å². The molecule has 4 N–H and O–H groups in total. The number of nitrogens with zero attached hydrogens (tertiary/aromatic N) is 5. The van der Waals surface area contributed by atoms with Crippen LogP contribution in [0.15, 0.2) is 36.8 Å². The Morgan fingerprint density at radius 2 is 2.12 bits per heavy atom. The van der Waals surface area contributed by atoms with Crippen LogP contribution in [-0.2, 0) is 4.79 Å². The number of benzene rings is 1. The Balaban J connectivity index is 1.24. The number of nitriles is 1. The van der Waals surface area contributed by atoms with E-state index in [0.717, 1.165) is 23.5 Å². The molecule has 0 bridgehead atoms. The number of carbonyl (C=O) groups is 1. The Bertz CT molecular complexity index is 1210. The molecule has 10 heteroatoms. The number of aromatic amines is 1. The number of H-pyrrole nitrogens is 1. The monoisotopic (exact) mass is 443 g/mol. The summed E-state index contributed by atoms with van der Waals surface area (Å²) in [4.78, 5) is 25.4. The van der Waals surface area contributed by atoms with Crippen molar-refractivity contribution in [3.63, 3.8) is 0 Å². The highest BCUT2D eigenvalue weighted by molar-refractivity contribution is 6.02. The van der Waals surface area contributed by atoms with Crippen LogP contribution in [-0.4, -0.2) is 43.6 Å². The maximum atomic E-state index is 12.3. The van der Waals surface area contributed by atoms with Crippen LogP contribution in [0.25, 0.3) is 0 Å². The molecule has 1 fully saturated rings. The molecule has 5 rings (SSSR count). The number of anilines is 3. The Morgan fingerprint density at radius 3 is 2.88 bits per heavy atom. The van der Waals surface area contributed by atoms with Gasteiger partial charge < -0.3 is 16.0 Å². The lowest BCUT2D eigenvalue weighted by Gasteiger charge is -2.51. The fourth-order valence-electron chi connectivity index (χ4n) is 4.71. The molecule has 10 nitrogen and oxygen atoms in total. The van der Waals surface area contributed by atoms with Gasteiger partial charge in [-0.1, -0.05) is 32.0 Å². The summed E-state index contributed by atoms with van der Waals surface area (Å²) in [5, 5.41) is 26.1. The van der Waals surface area contributed by atoms with E-state index in [2.05, 4.69) is 61.0 Å².